The zero-order chi connectivity index (χ0) is 19.4. The van der Waals surface area contributed by atoms with E-state index in [0.717, 1.165) is 22.7 Å². The van der Waals surface area contributed by atoms with E-state index in [1.807, 2.05) is 115 Å². The molecule has 3 rings (SSSR count). The Hall–Kier alpha value is -3.78. The Morgan fingerprint density at radius 2 is 1.00 bits per heavy atom. The van der Waals surface area contributed by atoms with E-state index in [0.29, 0.717) is 0 Å². The molecule has 0 aliphatic rings. The predicted octanol–water partition coefficient (Wildman–Crippen LogP) is 5.77. The lowest BCUT2D eigenvalue weighted by Gasteiger charge is -2.17. The van der Waals surface area contributed by atoms with Crippen molar-refractivity contribution in [1.82, 2.24) is 5.32 Å². The molecular formula is C26H22NO-. The maximum absolute atomic E-state index is 12.4. The van der Waals surface area contributed by atoms with Gasteiger partial charge in [-0.1, -0.05) is 108 Å². The second kappa shape index (κ2) is 10.4. The molecule has 0 radical (unpaired) electrons. The zero-order valence-electron chi connectivity index (χ0n) is 15.5. The van der Waals surface area contributed by atoms with E-state index < -0.39 is 0 Å². The largest absolute Gasteiger partial charge is 0.376 e. The minimum absolute atomic E-state index is 0.172. The molecule has 2 heteroatoms. The highest BCUT2D eigenvalue weighted by molar-refractivity contribution is 5.93. The number of hydrogen-bond acceptors (Lipinski definition) is 1. The molecule has 0 aromatic heterocycles. The Morgan fingerprint density at radius 1 is 0.607 bits per heavy atom. The van der Waals surface area contributed by atoms with Crippen LogP contribution in [0, 0.1) is 6.04 Å². The minimum atomic E-state index is -0.172. The molecule has 0 atom stereocenters. The molecule has 0 saturated carbocycles. The first-order chi connectivity index (χ1) is 13.8. The fourth-order valence-electron chi connectivity index (χ4n) is 2.56. The average Bonchev–Trinajstić information content (AvgIpc) is 2.76. The van der Waals surface area contributed by atoms with Gasteiger partial charge in [-0.3, -0.25) is 4.79 Å². The van der Waals surface area contributed by atoms with Crippen molar-refractivity contribution in [2.45, 2.75) is 0 Å². The van der Waals surface area contributed by atoms with Crippen molar-refractivity contribution in [3.63, 3.8) is 0 Å². The highest BCUT2D eigenvalue weighted by Gasteiger charge is 1.98. The van der Waals surface area contributed by atoms with Gasteiger partial charge in [0.15, 0.2) is 0 Å². The van der Waals surface area contributed by atoms with E-state index in [-0.39, 0.29) is 5.91 Å². The van der Waals surface area contributed by atoms with Gasteiger partial charge in [-0.15, -0.1) is 24.3 Å². The van der Waals surface area contributed by atoms with Gasteiger partial charge in [-0.25, -0.2) is 0 Å². The Balaban J connectivity index is 1.71. The summed E-state index contributed by atoms with van der Waals surface area (Å²) in [6, 6.07) is 30.5. The summed E-state index contributed by atoms with van der Waals surface area (Å²) in [6.45, 7) is 0. The molecule has 3 aromatic carbocycles. The lowest BCUT2D eigenvalue weighted by molar-refractivity contribution is -0.116. The molecule has 3 aromatic rings. The van der Waals surface area contributed by atoms with Gasteiger partial charge in [-0.2, -0.15) is 0 Å². The van der Waals surface area contributed by atoms with Crippen LogP contribution in [0.1, 0.15) is 16.7 Å². The van der Waals surface area contributed by atoms with Crippen LogP contribution in [0.4, 0.5) is 0 Å². The number of benzene rings is 3. The Morgan fingerprint density at radius 3 is 1.43 bits per heavy atom. The van der Waals surface area contributed by atoms with Crippen molar-refractivity contribution in [2.75, 3.05) is 0 Å². The fourth-order valence-corrected chi connectivity index (χ4v) is 2.56. The van der Waals surface area contributed by atoms with Crippen molar-refractivity contribution in [3.8, 4) is 0 Å². The van der Waals surface area contributed by atoms with E-state index in [2.05, 4.69) is 5.32 Å². The SMILES string of the molecule is O=C(/C=C\c1ccccc1)N[C-](/C=C/c1ccccc1)/C=C/c1ccccc1. The van der Waals surface area contributed by atoms with Crippen LogP contribution in [0.3, 0.4) is 0 Å². The highest BCUT2D eigenvalue weighted by Crippen LogP contribution is 2.10. The molecule has 0 heterocycles. The third kappa shape index (κ3) is 6.50. The third-order valence-corrected chi connectivity index (χ3v) is 4.00. The molecule has 0 aliphatic heterocycles. The second-order valence-electron chi connectivity index (χ2n) is 6.18. The zero-order valence-corrected chi connectivity index (χ0v) is 15.5. The van der Waals surface area contributed by atoms with E-state index in [1.54, 1.807) is 12.2 Å². The van der Waals surface area contributed by atoms with Crippen molar-refractivity contribution in [1.29, 1.82) is 0 Å². The topological polar surface area (TPSA) is 29.1 Å². The van der Waals surface area contributed by atoms with Crippen LogP contribution in [-0.4, -0.2) is 5.91 Å². The van der Waals surface area contributed by atoms with Crippen LogP contribution in [0.2, 0.25) is 0 Å². The van der Waals surface area contributed by atoms with Gasteiger partial charge in [0.05, 0.1) is 0 Å². The Bertz CT molecular complexity index is 892. The molecule has 1 N–H and O–H groups in total. The van der Waals surface area contributed by atoms with Crippen LogP contribution < -0.4 is 5.32 Å². The fraction of sp³-hybridized carbons (Fsp3) is 0. The number of nitrogens with one attached hydrogen (secondary N) is 1. The van der Waals surface area contributed by atoms with Gasteiger partial charge < -0.3 is 5.32 Å². The Kier molecular flexibility index (Phi) is 7.05. The summed E-state index contributed by atoms with van der Waals surface area (Å²) in [4.78, 5) is 12.4. The van der Waals surface area contributed by atoms with Crippen LogP contribution in [0.15, 0.2) is 109 Å². The van der Waals surface area contributed by atoms with Crippen molar-refractivity contribution >= 4 is 24.1 Å². The molecule has 28 heavy (non-hydrogen) atoms. The first kappa shape index (κ1) is 19.0. The smallest absolute Gasteiger partial charge is 0.237 e. The number of hydrogen-bond donors (Lipinski definition) is 1. The number of carbonyl (C=O) groups is 1. The molecule has 2 nitrogen and oxygen atoms in total. The van der Waals surface area contributed by atoms with Crippen LogP contribution in [-0.2, 0) is 4.79 Å². The van der Waals surface area contributed by atoms with Crippen LogP contribution >= 0.6 is 0 Å². The van der Waals surface area contributed by atoms with Crippen LogP contribution in [0.5, 0.6) is 0 Å². The summed E-state index contributed by atoms with van der Waals surface area (Å²) in [6.07, 6.45) is 11.1. The quantitative estimate of drug-likeness (QED) is 0.418. The molecule has 0 bridgehead atoms. The molecule has 0 unspecified atom stereocenters. The van der Waals surface area contributed by atoms with Gasteiger partial charge in [0.25, 0.3) is 0 Å². The standard InChI is InChI=1S/C26H22NO/c28-26(21-18-24-14-8-3-9-15-24)27-25(19-16-22-10-4-1-5-11-22)20-17-23-12-6-2-7-13-23/h1-21H,(H,27,28)/q-1/b19-16+,20-17+,21-18-. The van der Waals surface area contributed by atoms with Crippen molar-refractivity contribution in [2.24, 2.45) is 0 Å². The lowest BCUT2D eigenvalue weighted by Crippen LogP contribution is -2.23. The predicted molar refractivity (Wildman–Crippen MR) is 118 cm³/mol. The minimum Gasteiger partial charge on any atom is -0.376 e. The summed E-state index contributed by atoms with van der Waals surface area (Å²) in [5.74, 6) is -0.172. The summed E-state index contributed by atoms with van der Waals surface area (Å²) >= 11 is 0. The summed E-state index contributed by atoms with van der Waals surface area (Å²) in [5.41, 5.74) is 3.13. The number of rotatable bonds is 7. The molecule has 1 amide bonds. The second-order valence-corrected chi connectivity index (χ2v) is 6.18. The number of amides is 1. The van der Waals surface area contributed by atoms with E-state index in [4.69, 9.17) is 0 Å². The average molecular weight is 364 g/mol. The first-order valence-corrected chi connectivity index (χ1v) is 9.17. The monoisotopic (exact) mass is 364 g/mol. The van der Waals surface area contributed by atoms with Crippen molar-refractivity contribution in [3.05, 3.63) is 132 Å². The van der Waals surface area contributed by atoms with Crippen molar-refractivity contribution < 1.29 is 4.79 Å². The van der Waals surface area contributed by atoms with Gasteiger partial charge in [-0.05, 0) is 11.6 Å². The Labute approximate surface area is 166 Å². The van der Waals surface area contributed by atoms with E-state index in [9.17, 15) is 4.79 Å². The molecule has 0 fully saturated rings. The summed E-state index contributed by atoms with van der Waals surface area (Å²) in [7, 11) is 0. The summed E-state index contributed by atoms with van der Waals surface area (Å²) in [5, 5.41) is 2.95. The van der Waals surface area contributed by atoms with Gasteiger partial charge >= 0.3 is 0 Å². The van der Waals surface area contributed by atoms with E-state index in [1.165, 1.54) is 0 Å². The third-order valence-electron chi connectivity index (χ3n) is 4.00. The maximum atomic E-state index is 12.4. The molecular weight excluding hydrogens is 342 g/mol. The molecule has 0 aliphatic carbocycles. The molecule has 0 saturated heterocycles. The highest BCUT2D eigenvalue weighted by atomic mass is 16.1. The van der Waals surface area contributed by atoms with Gasteiger partial charge in [0.2, 0.25) is 5.91 Å². The maximum Gasteiger partial charge on any atom is 0.237 e. The van der Waals surface area contributed by atoms with Gasteiger partial charge in [0.1, 0.15) is 0 Å². The summed E-state index contributed by atoms with van der Waals surface area (Å²) < 4.78 is 0. The normalized spacial score (nSPS) is 11.3. The molecule has 0 spiro atoms. The van der Waals surface area contributed by atoms with Crippen LogP contribution in [0.25, 0.3) is 18.2 Å². The van der Waals surface area contributed by atoms with Gasteiger partial charge in [0, 0.05) is 6.08 Å². The lowest BCUT2D eigenvalue weighted by atomic mass is 10.1. The number of carbonyl (C=O) groups excluding carboxylic acids is 1. The molecule has 138 valence electrons. The van der Waals surface area contributed by atoms with E-state index >= 15 is 0 Å². The first-order valence-electron chi connectivity index (χ1n) is 9.17.